The van der Waals surface area contributed by atoms with E-state index in [9.17, 15) is 14.5 Å². The van der Waals surface area contributed by atoms with Gasteiger partial charge in [-0.05, 0) is 75.9 Å². The lowest BCUT2D eigenvalue weighted by Crippen LogP contribution is -2.12. The minimum atomic E-state index is -0.734. The Bertz CT molecular complexity index is 1430. The summed E-state index contributed by atoms with van der Waals surface area (Å²) in [7, 11) is 1.97. The molecule has 0 spiro atoms. The van der Waals surface area contributed by atoms with Gasteiger partial charge in [-0.3, -0.25) is 4.68 Å². The Morgan fingerprint density at radius 1 is 1.28 bits per heavy atom. The zero-order valence-corrected chi connectivity index (χ0v) is 21.4. The minimum absolute atomic E-state index is 0.0187. The van der Waals surface area contributed by atoms with Gasteiger partial charge in [0, 0.05) is 42.9 Å². The molecule has 36 heavy (non-hydrogen) atoms. The first kappa shape index (κ1) is 24.1. The maximum Gasteiger partial charge on any atom is 0.406 e. The van der Waals surface area contributed by atoms with Crippen molar-refractivity contribution in [1.82, 2.24) is 24.5 Å². The third-order valence-corrected chi connectivity index (χ3v) is 6.94. The minimum Gasteiger partial charge on any atom is -0.478 e. The third-order valence-electron chi connectivity index (χ3n) is 6.51. The fraction of sp³-hybridized carbons (Fsp3) is 0.320. The van der Waals surface area contributed by atoms with Gasteiger partial charge in [-0.2, -0.15) is 10.2 Å². The molecule has 0 amide bonds. The summed E-state index contributed by atoms with van der Waals surface area (Å²) in [6, 6.07) is 9.87. The van der Waals surface area contributed by atoms with Crippen molar-refractivity contribution >= 4 is 21.7 Å². The number of hydrogen-bond donors (Lipinski definition) is 0. The molecule has 0 saturated heterocycles. The van der Waals surface area contributed by atoms with Gasteiger partial charge in [0.2, 0.25) is 5.75 Å². The zero-order valence-electron chi connectivity index (χ0n) is 19.8. The number of benzene rings is 1. The van der Waals surface area contributed by atoms with Crippen molar-refractivity contribution < 1.29 is 14.1 Å². The SMILES string of the molecule is C[C@@H](Oc1cc(Br)cnc1[N+](=O)[O-])c1cc(F)ccc1-n1nccc1Cc1cc(C2CCC2)n(C)n1. The van der Waals surface area contributed by atoms with Gasteiger partial charge < -0.3 is 14.9 Å². The van der Waals surface area contributed by atoms with E-state index in [0.29, 0.717) is 28.1 Å². The average molecular weight is 555 g/mol. The topological polar surface area (TPSA) is 101 Å². The molecule has 5 rings (SSSR count). The van der Waals surface area contributed by atoms with E-state index in [4.69, 9.17) is 9.84 Å². The molecule has 1 fully saturated rings. The largest absolute Gasteiger partial charge is 0.478 e. The van der Waals surface area contributed by atoms with Crippen LogP contribution in [0.1, 0.15) is 60.9 Å². The summed E-state index contributed by atoms with van der Waals surface area (Å²) < 4.78 is 24.5. The van der Waals surface area contributed by atoms with E-state index in [1.807, 2.05) is 17.8 Å². The van der Waals surface area contributed by atoms with Crippen LogP contribution >= 0.6 is 15.9 Å². The van der Waals surface area contributed by atoms with Crippen molar-refractivity contribution in [3.05, 3.63) is 91.8 Å². The van der Waals surface area contributed by atoms with Crippen molar-refractivity contribution in [2.45, 2.75) is 44.6 Å². The van der Waals surface area contributed by atoms with E-state index in [1.165, 1.54) is 49.4 Å². The number of pyridine rings is 1. The van der Waals surface area contributed by atoms with Gasteiger partial charge in [-0.15, -0.1) is 0 Å². The van der Waals surface area contributed by atoms with Crippen molar-refractivity contribution in [2.24, 2.45) is 7.05 Å². The number of ether oxygens (including phenoxy) is 1. The van der Waals surface area contributed by atoms with E-state index in [-0.39, 0.29) is 5.75 Å². The lowest BCUT2D eigenvalue weighted by molar-refractivity contribution is -0.390. The molecule has 0 bridgehead atoms. The van der Waals surface area contributed by atoms with Gasteiger partial charge in [0.25, 0.3) is 0 Å². The van der Waals surface area contributed by atoms with Crippen LogP contribution in [-0.2, 0) is 13.5 Å². The molecule has 1 saturated carbocycles. The smallest absolute Gasteiger partial charge is 0.406 e. The normalized spacial score (nSPS) is 14.4. The van der Waals surface area contributed by atoms with Gasteiger partial charge in [0.1, 0.15) is 11.9 Å². The molecule has 186 valence electrons. The quantitative estimate of drug-likeness (QED) is 0.201. The van der Waals surface area contributed by atoms with E-state index in [0.717, 1.165) is 11.4 Å². The molecule has 3 heterocycles. The summed E-state index contributed by atoms with van der Waals surface area (Å²) in [5.74, 6) is -0.316. The summed E-state index contributed by atoms with van der Waals surface area (Å²) in [6.45, 7) is 1.70. The molecular formula is C25H24BrFN6O3. The standard InChI is InChI=1S/C25H24BrFN6O3/c1-15(36-24-10-17(26)14-28-25(24)33(34)35)21-11-18(27)6-7-22(21)32-20(8-9-29-32)12-19-13-23(31(2)30-19)16-4-3-5-16/h6-11,13-16H,3-5,12H2,1-2H3/t15-/m1/s1. The molecule has 11 heteroatoms. The van der Waals surface area contributed by atoms with E-state index in [1.54, 1.807) is 23.9 Å². The number of nitrogens with zero attached hydrogens (tertiary/aromatic N) is 6. The summed E-state index contributed by atoms with van der Waals surface area (Å²) in [5.41, 5.74) is 4.17. The van der Waals surface area contributed by atoms with Gasteiger partial charge in [-0.25, -0.2) is 9.07 Å². The summed E-state index contributed by atoms with van der Waals surface area (Å²) in [4.78, 5) is 14.7. The summed E-state index contributed by atoms with van der Waals surface area (Å²) in [6.07, 6.45) is 6.47. The number of aryl methyl sites for hydroxylation is 1. The second-order valence-corrected chi connectivity index (χ2v) is 9.83. The van der Waals surface area contributed by atoms with Crippen LogP contribution in [-0.4, -0.2) is 29.5 Å². The molecule has 1 aromatic carbocycles. The van der Waals surface area contributed by atoms with Crippen LogP contribution in [0.3, 0.4) is 0 Å². The van der Waals surface area contributed by atoms with E-state index < -0.39 is 22.7 Å². The van der Waals surface area contributed by atoms with Crippen molar-refractivity contribution in [3.63, 3.8) is 0 Å². The predicted molar refractivity (Wildman–Crippen MR) is 134 cm³/mol. The van der Waals surface area contributed by atoms with Crippen LogP contribution in [0.2, 0.25) is 0 Å². The molecule has 4 aromatic rings. The van der Waals surface area contributed by atoms with Crippen molar-refractivity contribution in [3.8, 4) is 11.4 Å². The van der Waals surface area contributed by atoms with Crippen LogP contribution in [0.25, 0.3) is 5.69 Å². The Balaban J connectivity index is 1.46. The van der Waals surface area contributed by atoms with Crippen LogP contribution in [0.5, 0.6) is 5.75 Å². The highest BCUT2D eigenvalue weighted by Crippen LogP contribution is 2.37. The van der Waals surface area contributed by atoms with Crippen LogP contribution in [0.15, 0.2) is 53.3 Å². The number of nitro groups is 1. The zero-order chi connectivity index (χ0) is 25.4. The number of hydrogen-bond acceptors (Lipinski definition) is 6. The maximum absolute atomic E-state index is 14.3. The first-order chi connectivity index (χ1) is 17.3. The molecule has 1 aliphatic carbocycles. The second-order valence-electron chi connectivity index (χ2n) is 8.92. The fourth-order valence-electron chi connectivity index (χ4n) is 4.52. The second kappa shape index (κ2) is 9.81. The number of rotatable bonds is 8. The highest BCUT2D eigenvalue weighted by atomic mass is 79.9. The van der Waals surface area contributed by atoms with Crippen molar-refractivity contribution in [2.75, 3.05) is 0 Å². The number of halogens is 2. The maximum atomic E-state index is 14.3. The van der Waals surface area contributed by atoms with Gasteiger partial charge in [0.05, 0.1) is 21.5 Å². The number of aromatic nitrogens is 5. The van der Waals surface area contributed by atoms with E-state index in [2.05, 4.69) is 32.1 Å². The Morgan fingerprint density at radius 3 is 2.81 bits per heavy atom. The van der Waals surface area contributed by atoms with Gasteiger partial charge >= 0.3 is 5.82 Å². The monoisotopic (exact) mass is 554 g/mol. The molecular weight excluding hydrogens is 531 g/mol. The van der Waals surface area contributed by atoms with Crippen molar-refractivity contribution in [1.29, 1.82) is 0 Å². The highest BCUT2D eigenvalue weighted by molar-refractivity contribution is 9.10. The Morgan fingerprint density at radius 2 is 2.08 bits per heavy atom. The first-order valence-electron chi connectivity index (χ1n) is 11.6. The highest BCUT2D eigenvalue weighted by Gasteiger charge is 2.25. The molecule has 9 nitrogen and oxygen atoms in total. The Kier molecular flexibility index (Phi) is 6.57. The molecule has 0 aliphatic heterocycles. The molecule has 0 N–H and O–H groups in total. The molecule has 0 unspecified atom stereocenters. The van der Waals surface area contributed by atoms with Crippen LogP contribution < -0.4 is 4.74 Å². The lowest BCUT2D eigenvalue weighted by Gasteiger charge is -2.25. The molecule has 1 atom stereocenters. The average Bonchev–Trinajstić information content (AvgIpc) is 3.39. The molecule has 1 aliphatic rings. The third kappa shape index (κ3) is 4.75. The summed E-state index contributed by atoms with van der Waals surface area (Å²) >= 11 is 3.27. The molecule has 0 radical (unpaired) electrons. The van der Waals surface area contributed by atoms with Gasteiger partial charge in [0.15, 0.2) is 6.20 Å². The Labute approximate surface area is 215 Å². The molecule has 3 aromatic heterocycles. The predicted octanol–water partition coefficient (Wildman–Crippen LogP) is 5.81. The fourth-order valence-corrected chi connectivity index (χ4v) is 4.83. The van der Waals surface area contributed by atoms with Crippen LogP contribution in [0, 0.1) is 15.9 Å². The van der Waals surface area contributed by atoms with E-state index >= 15 is 0 Å². The first-order valence-corrected chi connectivity index (χ1v) is 12.4. The Hall–Kier alpha value is -3.60. The summed E-state index contributed by atoms with van der Waals surface area (Å²) in [5, 5.41) is 20.6. The van der Waals surface area contributed by atoms with Gasteiger partial charge in [-0.1, -0.05) is 6.42 Å². The van der Waals surface area contributed by atoms with Crippen LogP contribution in [0.4, 0.5) is 10.2 Å². The lowest BCUT2D eigenvalue weighted by atomic mass is 9.83.